The van der Waals surface area contributed by atoms with Gasteiger partial charge < -0.3 is 4.74 Å². The molecule has 0 heterocycles. The molecule has 2 heteroatoms. The first-order chi connectivity index (χ1) is 6.15. The van der Waals surface area contributed by atoms with Crippen LogP contribution in [0.25, 0.3) is 0 Å². The number of hydrogen-bond acceptors (Lipinski definition) is 2. The third-order valence-corrected chi connectivity index (χ3v) is 2.62. The van der Waals surface area contributed by atoms with E-state index in [-0.39, 0.29) is 11.9 Å². The van der Waals surface area contributed by atoms with Crippen molar-refractivity contribution in [3.8, 4) is 0 Å². The maximum absolute atomic E-state index is 11.5. The van der Waals surface area contributed by atoms with Crippen LogP contribution in [0.4, 0.5) is 0 Å². The zero-order valence-electron chi connectivity index (χ0n) is 8.67. The van der Waals surface area contributed by atoms with E-state index >= 15 is 0 Å². The maximum Gasteiger partial charge on any atom is 0.309 e. The van der Waals surface area contributed by atoms with Gasteiger partial charge in [-0.1, -0.05) is 18.6 Å². The highest BCUT2D eigenvalue weighted by Crippen LogP contribution is 2.29. The molecule has 0 saturated carbocycles. The molecule has 0 saturated heterocycles. The average Bonchev–Trinajstić information content (AvgIpc) is 2.04. The zero-order valence-corrected chi connectivity index (χ0v) is 8.67. The number of hydrogen-bond donors (Lipinski definition) is 0. The van der Waals surface area contributed by atoms with Gasteiger partial charge in [-0.25, -0.2) is 0 Å². The minimum atomic E-state index is -0.0289. The number of esters is 1. The molecule has 74 valence electrons. The van der Waals surface area contributed by atoms with E-state index in [2.05, 4.69) is 19.9 Å². The lowest BCUT2D eigenvalue weighted by Gasteiger charge is -2.24. The number of ether oxygens (including phenoxy) is 1. The summed E-state index contributed by atoms with van der Waals surface area (Å²) in [7, 11) is 0. The summed E-state index contributed by atoms with van der Waals surface area (Å²) < 4.78 is 5.02. The summed E-state index contributed by atoms with van der Waals surface area (Å²) in [4.78, 5) is 11.5. The minimum Gasteiger partial charge on any atom is -0.466 e. The molecule has 0 aromatic heterocycles. The largest absolute Gasteiger partial charge is 0.466 e. The number of allylic oxidation sites excluding steroid dienone is 2. The van der Waals surface area contributed by atoms with Crippen LogP contribution in [-0.2, 0) is 9.53 Å². The Bertz CT molecular complexity index is 218. The molecular formula is C11H18O2. The Morgan fingerprint density at radius 1 is 1.69 bits per heavy atom. The van der Waals surface area contributed by atoms with Crippen molar-refractivity contribution in [2.45, 2.75) is 33.6 Å². The first-order valence-corrected chi connectivity index (χ1v) is 4.99. The van der Waals surface area contributed by atoms with Crippen LogP contribution in [0.1, 0.15) is 33.6 Å². The summed E-state index contributed by atoms with van der Waals surface area (Å²) in [5.74, 6) is 0.398. The molecule has 0 spiro atoms. The molecule has 0 radical (unpaired) electrons. The Balaban J connectivity index is 2.57. The van der Waals surface area contributed by atoms with Gasteiger partial charge in [-0.05, 0) is 32.6 Å². The quantitative estimate of drug-likeness (QED) is 0.484. The predicted octanol–water partition coefficient (Wildman–Crippen LogP) is 2.54. The third-order valence-electron chi connectivity index (χ3n) is 2.62. The van der Waals surface area contributed by atoms with Crippen molar-refractivity contribution >= 4 is 5.97 Å². The SMILES string of the molecule is CCOC(=O)C1CCC(C)=CC1C. The van der Waals surface area contributed by atoms with Gasteiger partial charge in [0.1, 0.15) is 0 Å². The molecular weight excluding hydrogens is 164 g/mol. The van der Waals surface area contributed by atoms with Gasteiger partial charge in [0.05, 0.1) is 12.5 Å². The second kappa shape index (κ2) is 4.45. The first kappa shape index (κ1) is 10.3. The van der Waals surface area contributed by atoms with Crippen molar-refractivity contribution in [1.82, 2.24) is 0 Å². The molecule has 2 atom stereocenters. The second-order valence-corrected chi connectivity index (χ2v) is 3.77. The van der Waals surface area contributed by atoms with Gasteiger partial charge in [0.25, 0.3) is 0 Å². The number of carbonyl (C=O) groups excluding carboxylic acids is 1. The molecule has 0 N–H and O–H groups in total. The molecule has 0 amide bonds. The van der Waals surface area contributed by atoms with E-state index in [0.717, 1.165) is 12.8 Å². The minimum absolute atomic E-state index is 0.0289. The maximum atomic E-state index is 11.5. The van der Waals surface area contributed by atoms with Crippen LogP contribution in [0.15, 0.2) is 11.6 Å². The van der Waals surface area contributed by atoms with Gasteiger partial charge in [0, 0.05) is 0 Å². The van der Waals surface area contributed by atoms with Crippen molar-refractivity contribution in [2.75, 3.05) is 6.61 Å². The average molecular weight is 182 g/mol. The van der Waals surface area contributed by atoms with E-state index in [0.29, 0.717) is 12.5 Å². The van der Waals surface area contributed by atoms with Gasteiger partial charge in [-0.3, -0.25) is 4.79 Å². The molecule has 13 heavy (non-hydrogen) atoms. The molecule has 1 aliphatic rings. The highest BCUT2D eigenvalue weighted by Gasteiger charge is 2.27. The normalized spacial score (nSPS) is 28.1. The van der Waals surface area contributed by atoms with Crippen LogP contribution in [0, 0.1) is 11.8 Å². The van der Waals surface area contributed by atoms with Crippen molar-refractivity contribution in [1.29, 1.82) is 0 Å². The summed E-state index contributed by atoms with van der Waals surface area (Å²) in [6.45, 7) is 6.55. The van der Waals surface area contributed by atoms with Crippen LogP contribution in [0.2, 0.25) is 0 Å². The lowest BCUT2D eigenvalue weighted by Crippen LogP contribution is -2.25. The molecule has 2 unspecified atom stereocenters. The molecule has 0 aromatic rings. The van der Waals surface area contributed by atoms with E-state index in [9.17, 15) is 4.79 Å². The lowest BCUT2D eigenvalue weighted by molar-refractivity contribution is -0.149. The van der Waals surface area contributed by atoms with Crippen molar-refractivity contribution < 1.29 is 9.53 Å². The smallest absolute Gasteiger partial charge is 0.309 e. The molecule has 0 aliphatic heterocycles. The van der Waals surface area contributed by atoms with Gasteiger partial charge >= 0.3 is 5.97 Å². The lowest BCUT2D eigenvalue weighted by atomic mass is 9.82. The van der Waals surface area contributed by atoms with Crippen LogP contribution in [0.5, 0.6) is 0 Å². The van der Waals surface area contributed by atoms with Crippen molar-refractivity contribution in [3.05, 3.63) is 11.6 Å². The first-order valence-electron chi connectivity index (χ1n) is 4.99. The predicted molar refractivity (Wildman–Crippen MR) is 52.3 cm³/mol. The van der Waals surface area contributed by atoms with Crippen molar-refractivity contribution in [3.63, 3.8) is 0 Å². The molecule has 0 aromatic carbocycles. The fraction of sp³-hybridized carbons (Fsp3) is 0.727. The fourth-order valence-electron chi connectivity index (χ4n) is 1.88. The van der Waals surface area contributed by atoms with Crippen LogP contribution >= 0.6 is 0 Å². The Labute approximate surface area is 80.0 Å². The van der Waals surface area contributed by atoms with E-state index in [4.69, 9.17) is 4.74 Å². The molecule has 0 bridgehead atoms. The summed E-state index contributed by atoms with van der Waals surface area (Å²) in [6.07, 6.45) is 4.17. The summed E-state index contributed by atoms with van der Waals surface area (Å²) in [5.41, 5.74) is 1.40. The molecule has 0 fully saturated rings. The highest BCUT2D eigenvalue weighted by atomic mass is 16.5. The van der Waals surface area contributed by atoms with Gasteiger partial charge in [-0.2, -0.15) is 0 Å². The Kier molecular flexibility index (Phi) is 3.52. The Morgan fingerprint density at radius 3 is 2.92 bits per heavy atom. The Hall–Kier alpha value is -0.790. The third kappa shape index (κ3) is 2.58. The van der Waals surface area contributed by atoms with Crippen molar-refractivity contribution in [2.24, 2.45) is 11.8 Å². The fourth-order valence-corrected chi connectivity index (χ4v) is 1.88. The standard InChI is InChI=1S/C11H18O2/c1-4-13-11(12)10-6-5-8(2)7-9(10)3/h7,9-10H,4-6H2,1-3H3. The van der Waals surface area contributed by atoms with Gasteiger partial charge in [-0.15, -0.1) is 0 Å². The van der Waals surface area contributed by atoms with Crippen LogP contribution in [-0.4, -0.2) is 12.6 Å². The highest BCUT2D eigenvalue weighted by molar-refractivity contribution is 5.73. The topological polar surface area (TPSA) is 26.3 Å². The van der Waals surface area contributed by atoms with E-state index in [1.165, 1.54) is 5.57 Å². The number of carbonyl (C=O) groups is 1. The van der Waals surface area contributed by atoms with Gasteiger partial charge in [0.2, 0.25) is 0 Å². The molecule has 2 nitrogen and oxygen atoms in total. The van der Waals surface area contributed by atoms with Crippen LogP contribution in [0.3, 0.4) is 0 Å². The summed E-state index contributed by atoms with van der Waals surface area (Å²) in [6, 6.07) is 0. The monoisotopic (exact) mass is 182 g/mol. The van der Waals surface area contributed by atoms with E-state index in [1.54, 1.807) is 0 Å². The number of rotatable bonds is 2. The summed E-state index contributed by atoms with van der Waals surface area (Å²) in [5, 5.41) is 0. The second-order valence-electron chi connectivity index (χ2n) is 3.77. The molecule has 1 aliphatic carbocycles. The molecule has 1 rings (SSSR count). The zero-order chi connectivity index (χ0) is 9.84. The van der Waals surface area contributed by atoms with Gasteiger partial charge in [0.15, 0.2) is 0 Å². The Morgan fingerprint density at radius 2 is 2.38 bits per heavy atom. The summed E-state index contributed by atoms with van der Waals surface area (Å²) >= 11 is 0. The van der Waals surface area contributed by atoms with E-state index in [1.807, 2.05) is 6.92 Å². The van der Waals surface area contributed by atoms with Crippen LogP contribution < -0.4 is 0 Å². The van der Waals surface area contributed by atoms with E-state index < -0.39 is 0 Å².